The molecule has 110 valence electrons. The maximum Gasteiger partial charge on any atom is 0.225 e. The number of furan rings is 1. The number of rotatable bonds is 4. The van der Waals surface area contributed by atoms with Crippen molar-refractivity contribution in [3.63, 3.8) is 0 Å². The summed E-state index contributed by atoms with van der Waals surface area (Å²) in [7, 11) is 0. The van der Waals surface area contributed by atoms with E-state index in [0.29, 0.717) is 23.8 Å². The number of amides is 1. The first-order valence-electron chi connectivity index (χ1n) is 7.71. The minimum Gasteiger partial charge on any atom is -0.465 e. The highest BCUT2D eigenvalue weighted by molar-refractivity contribution is 5.81. The molecule has 1 aliphatic heterocycles. The molecule has 1 saturated heterocycles. The lowest BCUT2D eigenvalue weighted by Crippen LogP contribution is -2.50. The molecule has 0 spiro atoms. The van der Waals surface area contributed by atoms with Gasteiger partial charge in [0.1, 0.15) is 11.5 Å². The van der Waals surface area contributed by atoms with Crippen molar-refractivity contribution in [2.75, 3.05) is 13.1 Å². The van der Waals surface area contributed by atoms with E-state index in [-0.39, 0.29) is 0 Å². The largest absolute Gasteiger partial charge is 0.465 e. The molecule has 1 saturated carbocycles. The second kappa shape index (κ2) is 5.60. The third kappa shape index (κ3) is 3.06. The maximum atomic E-state index is 12.1. The lowest BCUT2D eigenvalue weighted by molar-refractivity contribution is -0.134. The average molecular weight is 276 g/mol. The zero-order valence-corrected chi connectivity index (χ0v) is 12.4. The van der Waals surface area contributed by atoms with Crippen molar-refractivity contribution in [1.82, 2.24) is 10.2 Å². The van der Waals surface area contributed by atoms with Crippen LogP contribution in [0.25, 0.3) is 0 Å². The lowest BCUT2D eigenvalue weighted by Gasteiger charge is -2.37. The number of nitrogens with one attached hydrogen (secondary N) is 1. The Hall–Kier alpha value is -1.29. The highest BCUT2D eigenvalue weighted by Crippen LogP contribution is 2.32. The average Bonchev–Trinajstić information content (AvgIpc) is 3.20. The summed E-state index contributed by atoms with van der Waals surface area (Å²) in [6, 6.07) is 4.50. The molecule has 2 fully saturated rings. The van der Waals surface area contributed by atoms with Crippen LogP contribution in [0.4, 0.5) is 0 Å². The quantitative estimate of drug-likeness (QED) is 0.918. The Labute approximate surface area is 120 Å². The Morgan fingerprint density at radius 3 is 2.80 bits per heavy atom. The number of carbonyl (C=O) groups excluding carboxylic acids is 1. The molecule has 1 aromatic heterocycles. The summed E-state index contributed by atoms with van der Waals surface area (Å²) < 4.78 is 5.58. The third-order valence-corrected chi connectivity index (χ3v) is 4.48. The van der Waals surface area contributed by atoms with Crippen molar-refractivity contribution in [2.45, 2.75) is 45.7 Å². The zero-order valence-electron chi connectivity index (χ0n) is 12.4. The van der Waals surface area contributed by atoms with Gasteiger partial charge in [0.15, 0.2) is 0 Å². The van der Waals surface area contributed by atoms with Gasteiger partial charge in [0.25, 0.3) is 0 Å². The fourth-order valence-electron chi connectivity index (χ4n) is 3.05. The van der Waals surface area contributed by atoms with E-state index >= 15 is 0 Å². The molecule has 1 aliphatic carbocycles. The van der Waals surface area contributed by atoms with Crippen LogP contribution in [0.15, 0.2) is 16.5 Å². The lowest BCUT2D eigenvalue weighted by atomic mass is 9.93. The number of hydrogen-bond acceptors (Lipinski definition) is 3. The molecule has 3 rings (SSSR count). The highest BCUT2D eigenvalue weighted by Gasteiger charge is 2.36. The number of aryl methyl sites for hydroxylation is 1. The van der Waals surface area contributed by atoms with Crippen molar-refractivity contribution >= 4 is 5.91 Å². The van der Waals surface area contributed by atoms with Crippen molar-refractivity contribution in [3.8, 4) is 0 Å². The molecule has 2 atom stereocenters. The van der Waals surface area contributed by atoms with Gasteiger partial charge < -0.3 is 14.6 Å². The Balaban J connectivity index is 1.48. The van der Waals surface area contributed by atoms with Crippen LogP contribution in [-0.4, -0.2) is 29.9 Å². The van der Waals surface area contributed by atoms with Gasteiger partial charge in [0.05, 0.1) is 6.54 Å². The molecule has 4 nitrogen and oxygen atoms in total. The number of carbonyl (C=O) groups is 1. The smallest absolute Gasteiger partial charge is 0.225 e. The van der Waals surface area contributed by atoms with Crippen LogP contribution in [0.3, 0.4) is 0 Å². The normalized spacial score (nSPS) is 26.8. The molecule has 0 radical (unpaired) electrons. The van der Waals surface area contributed by atoms with Crippen LogP contribution in [0.2, 0.25) is 0 Å². The summed E-state index contributed by atoms with van der Waals surface area (Å²) >= 11 is 0. The number of nitrogens with zero attached hydrogens (tertiary/aromatic N) is 1. The van der Waals surface area contributed by atoms with E-state index in [1.807, 2.05) is 19.1 Å². The number of piperidine rings is 1. The Bertz CT molecular complexity index is 479. The first-order valence-corrected chi connectivity index (χ1v) is 7.71. The van der Waals surface area contributed by atoms with Gasteiger partial charge in [-0.15, -0.1) is 0 Å². The van der Waals surface area contributed by atoms with Crippen molar-refractivity contribution < 1.29 is 9.21 Å². The predicted octanol–water partition coefficient (Wildman–Crippen LogP) is 2.32. The summed E-state index contributed by atoms with van der Waals surface area (Å²) in [5.41, 5.74) is 0. The monoisotopic (exact) mass is 276 g/mol. The highest BCUT2D eigenvalue weighted by atomic mass is 16.3. The maximum absolute atomic E-state index is 12.1. The van der Waals surface area contributed by atoms with Gasteiger partial charge in [0.2, 0.25) is 5.91 Å². The van der Waals surface area contributed by atoms with E-state index in [2.05, 4.69) is 17.1 Å². The minimum absolute atomic E-state index is 0.345. The molecule has 20 heavy (non-hydrogen) atoms. The van der Waals surface area contributed by atoms with Crippen LogP contribution in [-0.2, 0) is 11.3 Å². The molecule has 0 bridgehead atoms. The summed E-state index contributed by atoms with van der Waals surface area (Å²) in [5, 5.41) is 3.57. The summed E-state index contributed by atoms with van der Waals surface area (Å²) in [4.78, 5) is 14.2. The molecule has 4 heteroatoms. The second-order valence-corrected chi connectivity index (χ2v) is 6.32. The standard InChI is InChI=1S/C16H24N2O2/c1-11-10-18(16(19)13-4-5-13)8-7-15(11)17-9-14-6-3-12(2)20-14/h3,6,11,13,15,17H,4-5,7-10H2,1-2H3/t11-,15+/m0/s1. The van der Waals surface area contributed by atoms with Crippen LogP contribution >= 0.6 is 0 Å². The van der Waals surface area contributed by atoms with Gasteiger partial charge >= 0.3 is 0 Å². The van der Waals surface area contributed by atoms with Crippen LogP contribution in [0.1, 0.15) is 37.7 Å². The number of likely N-dealkylation sites (tertiary alicyclic amines) is 1. The number of hydrogen-bond donors (Lipinski definition) is 1. The molecule has 2 aliphatic rings. The van der Waals surface area contributed by atoms with Gasteiger partial charge in [-0.3, -0.25) is 4.79 Å². The van der Waals surface area contributed by atoms with Crippen molar-refractivity contribution in [1.29, 1.82) is 0 Å². The predicted molar refractivity (Wildman–Crippen MR) is 77.2 cm³/mol. The van der Waals surface area contributed by atoms with Gasteiger partial charge in [-0.05, 0) is 44.2 Å². The van der Waals surface area contributed by atoms with E-state index in [4.69, 9.17) is 4.42 Å². The van der Waals surface area contributed by atoms with E-state index in [9.17, 15) is 4.79 Å². The van der Waals surface area contributed by atoms with E-state index < -0.39 is 0 Å². The summed E-state index contributed by atoms with van der Waals surface area (Å²) in [5.74, 6) is 3.18. The van der Waals surface area contributed by atoms with Gasteiger partial charge in [0, 0.05) is 25.0 Å². The first kappa shape index (κ1) is 13.7. The van der Waals surface area contributed by atoms with Crippen LogP contribution in [0.5, 0.6) is 0 Å². The van der Waals surface area contributed by atoms with Crippen LogP contribution < -0.4 is 5.32 Å². The van der Waals surface area contributed by atoms with Crippen molar-refractivity contribution in [3.05, 3.63) is 23.7 Å². The molecular weight excluding hydrogens is 252 g/mol. The fourth-order valence-corrected chi connectivity index (χ4v) is 3.05. The second-order valence-electron chi connectivity index (χ2n) is 6.32. The van der Waals surface area contributed by atoms with Crippen molar-refractivity contribution in [2.24, 2.45) is 11.8 Å². The Kier molecular flexibility index (Phi) is 3.83. The summed E-state index contributed by atoms with van der Waals surface area (Å²) in [6.45, 7) is 6.77. The fraction of sp³-hybridized carbons (Fsp3) is 0.688. The third-order valence-electron chi connectivity index (χ3n) is 4.48. The van der Waals surface area contributed by atoms with Gasteiger partial charge in [-0.1, -0.05) is 6.92 Å². The molecule has 0 unspecified atom stereocenters. The van der Waals surface area contributed by atoms with Gasteiger partial charge in [-0.25, -0.2) is 0 Å². The SMILES string of the molecule is Cc1ccc(CN[C@@H]2CCN(C(=O)C3CC3)C[C@@H]2C)o1. The molecule has 1 aromatic rings. The first-order chi connectivity index (χ1) is 9.63. The zero-order chi connectivity index (χ0) is 14.1. The minimum atomic E-state index is 0.345. The molecular formula is C16H24N2O2. The van der Waals surface area contributed by atoms with Crippen LogP contribution in [0, 0.1) is 18.8 Å². The molecule has 1 amide bonds. The van der Waals surface area contributed by atoms with E-state index in [1.54, 1.807) is 0 Å². The topological polar surface area (TPSA) is 45.5 Å². The van der Waals surface area contributed by atoms with Gasteiger partial charge in [-0.2, -0.15) is 0 Å². The van der Waals surface area contributed by atoms with E-state index in [1.165, 1.54) is 0 Å². The summed E-state index contributed by atoms with van der Waals surface area (Å²) in [6.07, 6.45) is 3.24. The molecule has 0 aromatic carbocycles. The Morgan fingerprint density at radius 2 is 2.20 bits per heavy atom. The molecule has 2 heterocycles. The Morgan fingerprint density at radius 1 is 1.40 bits per heavy atom. The van der Waals surface area contributed by atoms with E-state index in [0.717, 1.165) is 50.4 Å². The molecule has 1 N–H and O–H groups in total.